The summed E-state index contributed by atoms with van der Waals surface area (Å²) in [5, 5.41) is 6.71. The van der Waals surface area contributed by atoms with Gasteiger partial charge in [-0.25, -0.2) is 4.99 Å². The molecule has 5 heteroatoms. The predicted molar refractivity (Wildman–Crippen MR) is 79.2 cm³/mol. The molecule has 0 heterocycles. The third-order valence-electron chi connectivity index (χ3n) is 3.22. The van der Waals surface area contributed by atoms with Crippen LogP contribution in [0.4, 0.5) is 0 Å². The van der Waals surface area contributed by atoms with Crippen LogP contribution in [0.15, 0.2) is 17.1 Å². The average molecular weight is 266 g/mol. The van der Waals surface area contributed by atoms with E-state index in [0.717, 1.165) is 25.2 Å². The Morgan fingerprint density at radius 1 is 1.42 bits per heavy atom. The maximum atomic E-state index is 11.6. The molecule has 0 radical (unpaired) electrons. The van der Waals surface area contributed by atoms with E-state index in [1.165, 1.54) is 0 Å². The molecule has 1 rings (SSSR count). The van der Waals surface area contributed by atoms with Crippen LogP contribution in [0.1, 0.15) is 33.1 Å². The molecule has 0 aromatic carbocycles. The Morgan fingerprint density at radius 3 is 2.58 bits per heavy atom. The molecule has 0 aliphatic heterocycles. The van der Waals surface area contributed by atoms with E-state index >= 15 is 0 Å². The van der Waals surface area contributed by atoms with Crippen molar-refractivity contribution >= 4 is 11.9 Å². The number of nitrogens with one attached hydrogen (secondary N) is 2. The number of likely N-dealkylation sites (N-methyl/N-ethyl adjacent to an activating group) is 1. The third-order valence-corrected chi connectivity index (χ3v) is 3.22. The summed E-state index contributed by atoms with van der Waals surface area (Å²) in [4.78, 5) is 17.5. The number of hydrogen-bond donors (Lipinski definition) is 2. The molecule has 0 aromatic rings. The molecule has 1 aliphatic rings. The molecule has 0 saturated heterocycles. The molecule has 0 spiro atoms. The molecule has 1 amide bonds. The highest BCUT2D eigenvalue weighted by Gasteiger charge is 2.13. The average Bonchev–Trinajstić information content (AvgIpc) is 2.87. The number of amides is 1. The number of carbonyl (C=O) groups excluding carboxylic acids is 1. The first-order chi connectivity index (χ1) is 9.02. The minimum Gasteiger partial charge on any atom is -0.354 e. The minimum atomic E-state index is 0.00907. The first-order valence-corrected chi connectivity index (χ1v) is 6.95. The van der Waals surface area contributed by atoms with Gasteiger partial charge in [0.05, 0.1) is 0 Å². The van der Waals surface area contributed by atoms with Gasteiger partial charge in [0.15, 0.2) is 5.96 Å². The van der Waals surface area contributed by atoms with Crippen LogP contribution in [0.5, 0.6) is 0 Å². The normalized spacial score (nSPS) is 17.4. The van der Waals surface area contributed by atoms with Crippen molar-refractivity contribution in [2.75, 3.05) is 20.6 Å². The molecule has 0 saturated carbocycles. The van der Waals surface area contributed by atoms with E-state index in [-0.39, 0.29) is 12.5 Å². The van der Waals surface area contributed by atoms with Crippen molar-refractivity contribution in [1.29, 1.82) is 0 Å². The maximum absolute atomic E-state index is 11.6. The smallest absolute Gasteiger partial charge is 0.243 e. The number of guanidine groups is 1. The lowest BCUT2D eigenvalue weighted by Crippen LogP contribution is -2.46. The lowest BCUT2D eigenvalue weighted by atomic mass is 10.2. The quantitative estimate of drug-likeness (QED) is 0.445. The van der Waals surface area contributed by atoms with Crippen LogP contribution in [0.3, 0.4) is 0 Å². The van der Waals surface area contributed by atoms with Gasteiger partial charge in [0, 0.05) is 26.2 Å². The molecular formula is C14H26N4O. The third kappa shape index (κ3) is 5.77. The van der Waals surface area contributed by atoms with Gasteiger partial charge in [0.2, 0.25) is 5.91 Å². The van der Waals surface area contributed by atoms with Crippen LogP contribution < -0.4 is 10.6 Å². The van der Waals surface area contributed by atoms with E-state index in [0.29, 0.717) is 12.1 Å². The summed E-state index contributed by atoms with van der Waals surface area (Å²) in [6.07, 6.45) is 7.39. The fourth-order valence-electron chi connectivity index (χ4n) is 1.68. The number of nitrogens with zero attached hydrogens (tertiary/aromatic N) is 2. The first kappa shape index (κ1) is 15.5. The fraction of sp³-hybridized carbons (Fsp3) is 0.714. The Morgan fingerprint density at radius 2 is 2.05 bits per heavy atom. The van der Waals surface area contributed by atoms with Gasteiger partial charge in [0.25, 0.3) is 0 Å². The minimum absolute atomic E-state index is 0.00907. The topological polar surface area (TPSA) is 56.7 Å². The van der Waals surface area contributed by atoms with Crippen LogP contribution in [-0.4, -0.2) is 49.5 Å². The van der Waals surface area contributed by atoms with E-state index in [2.05, 4.69) is 41.6 Å². The summed E-state index contributed by atoms with van der Waals surface area (Å²) in [7, 11) is 3.49. The van der Waals surface area contributed by atoms with E-state index in [4.69, 9.17) is 0 Å². The Balaban J connectivity index is 2.56. The summed E-state index contributed by atoms with van der Waals surface area (Å²) < 4.78 is 0. The number of hydrogen-bond acceptors (Lipinski definition) is 2. The van der Waals surface area contributed by atoms with E-state index in [1.54, 1.807) is 19.0 Å². The van der Waals surface area contributed by atoms with Crippen LogP contribution in [0, 0.1) is 0 Å². The molecule has 108 valence electrons. The standard InChI is InChI=1S/C14H26N4O/c1-5-11(2)16-14(15-10-13(19)18(3)4)17-12-8-6-7-9-12/h6-7,11-12H,5,8-10H2,1-4H3,(H2,15,16,17). The zero-order chi connectivity index (χ0) is 14.3. The van der Waals surface area contributed by atoms with Crippen LogP contribution in [-0.2, 0) is 4.79 Å². The lowest BCUT2D eigenvalue weighted by molar-refractivity contribution is -0.127. The highest BCUT2D eigenvalue weighted by Crippen LogP contribution is 2.08. The summed E-state index contributed by atoms with van der Waals surface area (Å²) in [5.41, 5.74) is 0. The van der Waals surface area contributed by atoms with Crippen molar-refractivity contribution in [3.63, 3.8) is 0 Å². The molecule has 0 bridgehead atoms. The van der Waals surface area contributed by atoms with Gasteiger partial charge in [-0.3, -0.25) is 4.79 Å². The van der Waals surface area contributed by atoms with E-state index in [9.17, 15) is 4.79 Å². The molecule has 1 aliphatic carbocycles. The van der Waals surface area contributed by atoms with E-state index in [1.807, 2.05) is 0 Å². The van der Waals surface area contributed by atoms with Gasteiger partial charge in [-0.15, -0.1) is 0 Å². The SMILES string of the molecule is CCC(C)NC(=NCC(=O)N(C)C)NC1CC=CC1. The second-order valence-corrected chi connectivity index (χ2v) is 5.19. The maximum Gasteiger partial charge on any atom is 0.243 e. The van der Waals surface area contributed by atoms with Gasteiger partial charge >= 0.3 is 0 Å². The van der Waals surface area contributed by atoms with Crippen molar-refractivity contribution in [1.82, 2.24) is 15.5 Å². The highest BCUT2D eigenvalue weighted by molar-refractivity contribution is 5.85. The number of rotatable bonds is 5. The Kier molecular flexibility index (Phi) is 6.39. The predicted octanol–water partition coefficient (Wildman–Crippen LogP) is 1.13. The van der Waals surface area contributed by atoms with Crippen molar-refractivity contribution < 1.29 is 4.79 Å². The fourth-order valence-corrected chi connectivity index (χ4v) is 1.68. The monoisotopic (exact) mass is 266 g/mol. The number of carbonyl (C=O) groups is 1. The van der Waals surface area contributed by atoms with Gasteiger partial charge < -0.3 is 15.5 Å². The molecule has 0 aromatic heterocycles. The summed E-state index contributed by atoms with van der Waals surface area (Å²) in [5.74, 6) is 0.744. The summed E-state index contributed by atoms with van der Waals surface area (Å²) in [6.45, 7) is 4.41. The largest absolute Gasteiger partial charge is 0.354 e. The second-order valence-electron chi connectivity index (χ2n) is 5.19. The first-order valence-electron chi connectivity index (χ1n) is 6.95. The van der Waals surface area contributed by atoms with Gasteiger partial charge in [0.1, 0.15) is 6.54 Å². The van der Waals surface area contributed by atoms with E-state index < -0.39 is 0 Å². The molecule has 0 fully saturated rings. The van der Waals surface area contributed by atoms with Crippen molar-refractivity contribution in [2.24, 2.45) is 4.99 Å². The molecule has 19 heavy (non-hydrogen) atoms. The Bertz CT molecular complexity index is 341. The van der Waals surface area contributed by atoms with Crippen molar-refractivity contribution in [3.8, 4) is 0 Å². The second kappa shape index (κ2) is 7.81. The number of aliphatic imine (C=N–C) groups is 1. The van der Waals surface area contributed by atoms with Gasteiger partial charge in [-0.1, -0.05) is 19.1 Å². The molecular weight excluding hydrogens is 240 g/mol. The van der Waals surface area contributed by atoms with Gasteiger partial charge in [-0.05, 0) is 26.2 Å². The Hall–Kier alpha value is -1.52. The highest BCUT2D eigenvalue weighted by atomic mass is 16.2. The summed E-state index contributed by atoms with van der Waals surface area (Å²) >= 11 is 0. The lowest BCUT2D eigenvalue weighted by Gasteiger charge is -2.21. The zero-order valence-corrected chi connectivity index (χ0v) is 12.4. The molecule has 2 N–H and O–H groups in total. The van der Waals surface area contributed by atoms with Crippen LogP contribution in [0.2, 0.25) is 0 Å². The van der Waals surface area contributed by atoms with Crippen LogP contribution >= 0.6 is 0 Å². The van der Waals surface area contributed by atoms with Crippen molar-refractivity contribution in [3.05, 3.63) is 12.2 Å². The summed E-state index contributed by atoms with van der Waals surface area (Å²) in [6, 6.07) is 0.736. The molecule has 5 nitrogen and oxygen atoms in total. The van der Waals surface area contributed by atoms with Crippen LogP contribution in [0.25, 0.3) is 0 Å². The van der Waals surface area contributed by atoms with Gasteiger partial charge in [-0.2, -0.15) is 0 Å². The molecule has 1 unspecified atom stereocenters. The Labute approximate surface area is 116 Å². The zero-order valence-electron chi connectivity index (χ0n) is 12.4. The van der Waals surface area contributed by atoms with Crippen molar-refractivity contribution in [2.45, 2.75) is 45.2 Å². The molecule has 1 atom stereocenters.